The topological polar surface area (TPSA) is 97.7 Å². The molecule has 1 aromatic heterocycles. The first-order valence-corrected chi connectivity index (χ1v) is 5.25. The van der Waals surface area contributed by atoms with Crippen molar-refractivity contribution in [3.63, 3.8) is 0 Å². The van der Waals surface area contributed by atoms with Gasteiger partial charge in [0, 0.05) is 5.69 Å². The molecule has 6 heteroatoms. The van der Waals surface area contributed by atoms with Crippen LogP contribution in [-0.2, 0) is 0 Å². The summed E-state index contributed by atoms with van der Waals surface area (Å²) in [6.45, 7) is 3.62. The summed E-state index contributed by atoms with van der Waals surface area (Å²) in [4.78, 5) is 4.13. The largest absolute Gasteiger partial charge is 0.422 e. The Morgan fingerprint density at radius 2 is 2.00 bits per heavy atom. The molecule has 0 unspecified atom stereocenters. The third kappa shape index (κ3) is 2.35. The molecule has 0 bridgehead atoms. The van der Waals surface area contributed by atoms with Crippen molar-refractivity contribution in [2.75, 3.05) is 5.73 Å². The molecule has 6 nitrogen and oxygen atoms in total. The van der Waals surface area contributed by atoms with Crippen molar-refractivity contribution in [1.82, 2.24) is 15.2 Å². The highest BCUT2D eigenvalue weighted by atomic mass is 16.5. The molecule has 1 aromatic carbocycles. The van der Waals surface area contributed by atoms with Gasteiger partial charge in [0.05, 0.1) is 17.0 Å². The van der Waals surface area contributed by atoms with Crippen molar-refractivity contribution >= 4 is 5.69 Å². The van der Waals surface area contributed by atoms with Crippen LogP contribution in [0.5, 0.6) is 11.8 Å². The molecule has 0 spiro atoms. The summed E-state index contributed by atoms with van der Waals surface area (Å²) in [6, 6.07) is 6.89. The maximum absolute atomic E-state index is 8.98. The lowest BCUT2D eigenvalue weighted by atomic mass is 10.2. The average Bonchev–Trinajstić information content (AvgIpc) is 2.36. The maximum atomic E-state index is 8.98. The van der Waals surface area contributed by atoms with Gasteiger partial charge in [-0.2, -0.15) is 10.2 Å². The molecular formula is C12H11N5O. The number of aromatic nitrogens is 3. The molecule has 18 heavy (non-hydrogen) atoms. The second kappa shape index (κ2) is 4.67. The SMILES string of the molecule is Cc1nnc(Oc2ccc(N)cc2C#N)nc1C. The van der Waals surface area contributed by atoms with Crippen molar-refractivity contribution in [1.29, 1.82) is 5.26 Å². The van der Waals surface area contributed by atoms with Crippen LogP contribution in [0.4, 0.5) is 5.69 Å². The first-order chi connectivity index (χ1) is 8.60. The minimum atomic E-state index is 0.111. The van der Waals surface area contributed by atoms with E-state index in [1.807, 2.05) is 19.9 Å². The first kappa shape index (κ1) is 11.8. The minimum absolute atomic E-state index is 0.111. The lowest BCUT2D eigenvalue weighted by Crippen LogP contribution is -2.00. The Kier molecular flexibility index (Phi) is 3.06. The fraction of sp³-hybridized carbons (Fsp3) is 0.167. The van der Waals surface area contributed by atoms with Gasteiger partial charge in [0.25, 0.3) is 0 Å². The molecule has 0 saturated carbocycles. The number of nitriles is 1. The Morgan fingerprint density at radius 1 is 1.22 bits per heavy atom. The average molecular weight is 241 g/mol. The van der Waals surface area contributed by atoms with E-state index in [0.717, 1.165) is 11.4 Å². The van der Waals surface area contributed by atoms with Gasteiger partial charge in [-0.05, 0) is 32.0 Å². The number of anilines is 1. The highest BCUT2D eigenvalue weighted by Crippen LogP contribution is 2.24. The molecule has 2 rings (SSSR count). The van der Waals surface area contributed by atoms with Crippen LogP contribution in [0.3, 0.4) is 0 Å². The Morgan fingerprint density at radius 3 is 2.67 bits per heavy atom. The van der Waals surface area contributed by atoms with E-state index in [2.05, 4.69) is 15.2 Å². The van der Waals surface area contributed by atoms with Crippen LogP contribution in [0.25, 0.3) is 0 Å². The lowest BCUT2D eigenvalue weighted by Gasteiger charge is -2.06. The lowest BCUT2D eigenvalue weighted by molar-refractivity contribution is 0.429. The van der Waals surface area contributed by atoms with Crippen LogP contribution in [0.1, 0.15) is 17.0 Å². The van der Waals surface area contributed by atoms with Crippen molar-refractivity contribution < 1.29 is 4.74 Å². The minimum Gasteiger partial charge on any atom is -0.422 e. The van der Waals surface area contributed by atoms with Gasteiger partial charge in [-0.1, -0.05) is 5.10 Å². The molecular weight excluding hydrogens is 230 g/mol. The van der Waals surface area contributed by atoms with Gasteiger partial charge in [-0.3, -0.25) is 0 Å². The number of nitrogens with two attached hydrogens (primary N) is 1. The number of hydrogen-bond acceptors (Lipinski definition) is 6. The number of nitrogen functional groups attached to an aromatic ring is 1. The zero-order chi connectivity index (χ0) is 13.1. The van der Waals surface area contributed by atoms with E-state index >= 15 is 0 Å². The third-order valence-corrected chi connectivity index (χ3v) is 2.40. The molecule has 0 aliphatic carbocycles. The van der Waals surface area contributed by atoms with E-state index in [1.165, 1.54) is 6.07 Å². The third-order valence-electron chi connectivity index (χ3n) is 2.40. The number of hydrogen-bond donors (Lipinski definition) is 1. The Balaban J connectivity index is 2.34. The van der Waals surface area contributed by atoms with Crippen molar-refractivity contribution in [3.8, 4) is 17.8 Å². The van der Waals surface area contributed by atoms with E-state index in [9.17, 15) is 0 Å². The molecule has 0 aliphatic rings. The van der Waals surface area contributed by atoms with Gasteiger partial charge in [-0.15, -0.1) is 5.10 Å². The van der Waals surface area contributed by atoms with E-state index in [-0.39, 0.29) is 6.01 Å². The predicted molar refractivity (Wildman–Crippen MR) is 64.9 cm³/mol. The van der Waals surface area contributed by atoms with Gasteiger partial charge in [0.15, 0.2) is 0 Å². The van der Waals surface area contributed by atoms with Gasteiger partial charge in [0.2, 0.25) is 0 Å². The standard InChI is InChI=1S/C12H11N5O/c1-7-8(2)16-17-12(15-7)18-11-4-3-10(14)5-9(11)6-13/h3-5H,14H2,1-2H3. The van der Waals surface area contributed by atoms with E-state index in [4.69, 9.17) is 15.7 Å². The fourth-order valence-corrected chi connectivity index (χ4v) is 1.30. The molecule has 0 amide bonds. The number of ether oxygens (including phenoxy) is 1. The zero-order valence-corrected chi connectivity index (χ0v) is 10.0. The van der Waals surface area contributed by atoms with Crippen LogP contribution < -0.4 is 10.5 Å². The molecule has 2 N–H and O–H groups in total. The van der Waals surface area contributed by atoms with E-state index in [0.29, 0.717) is 17.0 Å². The Labute approximate surface area is 104 Å². The Hall–Kier alpha value is -2.68. The second-order valence-corrected chi connectivity index (χ2v) is 3.73. The van der Waals surface area contributed by atoms with Crippen LogP contribution in [0.2, 0.25) is 0 Å². The quantitative estimate of drug-likeness (QED) is 0.804. The first-order valence-electron chi connectivity index (χ1n) is 5.25. The highest BCUT2D eigenvalue weighted by molar-refractivity contribution is 5.53. The van der Waals surface area contributed by atoms with Gasteiger partial charge < -0.3 is 10.5 Å². The van der Waals surface area contributed by atoms with E-state index in [1.54, 1.807) is 12.1 Å². The number of aryl methyl sites for hydroxylation is 2. The van der Waals surface area contributed by atoms with Gasteiger partial charge in [0.1, 0.15) is 11.8 Å². The predicted octanol–water partition coefficient (Wildman–Crippen LogP) is 1.73. The molecule has 90 valence electrons. The van der Waals surface area contributed by atoms with Crippen molar-refractivity contribution in [3.05, 3.63) is 35.2 Å². The molecule has 0 saturated heterocycles. The monoisotopic (exact) mass is 241 g/mol. The summed E-state index contributed by atoms with van der Waals surface area (Å²) in [7, 11) is 0. The molecule has 2 aromatic rings. The smallest absolute Gasteiger partial charge is 0.341 e. The second-order valence-electron chi connectivity index (χ2n) is 3.73. The summed E-state index contributed by atoms with van der Waals surface area (Å²) in [6.07, 6.45) is 0. The Bertz CT molecular complexity index is 633. The summed E-state index contributed by atoms with van der Waals surface area (Å²) >= 11 is 0. The van der Waals surface area contributed by atoms with Crippen LogP contribution in [0.15, 0.2) is 18.2 Å². The number of nitrogens with zero attached hydrogens (tertiary/aromatic N) is 4. The van der Waals surface area contributed by atoms with E-state index < -0.39 is 0 Å². The molecule has 0 atom stereocenters. The molecule has 0 fully saturated rings. The number of rotatable bonds is 2. The highest BCUT2D eigenvalue weighted by Gasteiger charge is 2.08. The van der Waals surface area contributed by atoms with Gasteiger partial charge in [-0.25, -0.2) is 0 Å². The molecule has 0 radical (unpaired) electrons. The fourth-order valence-electron chi connectivity index (χ4n) is 1.30. The maximum Gasteiger partial charge on any atom is 0.341 e. The summed E-state index contributed by atoms with van der Waals surface area (Å²) < 4.78 is 5.43. The van der Waals surface area contributed by atoms with Crippen molar-refractivity contribution in [2.45, 2.75) is 13.8 Å². The summed E-state index contributed by atoms with van der Waals surface area (Å²) in [5.41, 5.74) is 7.89. The van der Waals surface area contributed by atoms with Crippen LogP contribution in [0, 0.1) is 25.2 Å². The summed E-state index contributed by atoms with van der Waals surface area (Å²) in [5.74, 6) is 0.358. The summed E-state index contributed by atoms with van der Waals surface area (Å²) in [5, 5.41) is 16.7. The zero-order valence-electron chi connectivity index (χ0n) is 10.0. The molecule has 0 aliphatic heterocycles. The van der Waals surface area contributed by atoms with Crippen LogP contribution in [-0.4, -0.2) is 15.2 Å². The van der Waals surface area contributed by atoms with Crippen LogP contribution >= 0.6 is 0 Å². The van der Waals surface area contributed by atoms with Crippen molar-refractivity contribution in [2.24, 2.45) is 0 Å². The molecule has 1 heterocycles. The van der Waals surface area contributed by atoms with Gasteiger partial charge >= 0.3 is 6.01 Å². The number of benzene rings is 1. The normalized spacial score (nSPS) is 9.83.